The summed E-state index contributed by atoms with van der Waals surface area (Å²) in [5.74, 6) is 1.08. The highest BCUT2D eigenvalue weighted by atomic mass is 32.2. The molecule has 0 saturated carbocycles. The topological polar surface area (TPSA) is 87.5 Å². The normalized spacial score (nSPS) is 23.9. The van der Waals surface area contributed by atoms with Gasteiger partial charge in [0.1, 0.15) is 5.82 Å². The highest BCUT2D eigenvalue weighted by molar-refractivity contribution is 7.89. The lowest BCUT2D eigenvalue weighted by atomic mass is 9.74. The van der Waals surface area contributed by atoms with E-state index in [1.165, 1.54) is 0 Å². The van der Waals surface area contributed by atoms with Crippen LogP contribution in [0.2, 0.25) is 0 Å². The summed E-state index contributed by atoms with van der Waals surface area (Å²) in [6.45, 7) is 7.79. The molecule has 152 valence electrons. The van der Waals surface area contributed by atoms with Crippen LogP contribution in [-0.4, -0.2) is 64.6 Å². The minimum Gasteiger partial charge on any atom is -0.336 e. The van der Waals surface area contributed by atoms with E-state index in [2.05, 4.69) is 24.1 Å². The summed E-state index contributed by atoms with van der Waals surface area (Å²) < 4.78 is 27.9. The van der Waals surface area contributed by atoms with E-state index in [-0.39, 0.29) is 29.3 Å². The van der Waals surface area contributed by atoms with Gasteiger partial charge in [-0.25, -0.2) is 22.5 Å². The number of urea groups is 1. The van der Waals surface area contributed by atoms with Crippen molar-refractivity contribution in [3.8, 4) is 0 Å². The minimum atomic E-state index is -3.15. The van der Waals surface area contributed by atoms with Crippen LogP contribution in [0.15, 0.2) is 12.4 Å². The molecule has 0 bridgehead atoms. The van der Waals surface area contributed by atoms with Crippen LogP contribution in [0.3, 0.4) is 0 Å². The smallest absolute Gasteiger partial charge is 0.318 e. The Morgan fingerprint density at radius 2 is 2.00 bits per heavy atom. The summed E-state index contributed by atoms with van der Waals surface area (Å²) >= 11 is 0. The standard InChI is InChI=1S/C18H31N5O3S/c1-5-12-27(25,26)22-9-6-14(7-10-22)20-17(24)23-13-18(2,3)15(23)16-19-8-11-21(16)4/h8,11,14-15H,5-7,9-10,12-13H2,1-4H3,(H,20,24). The van der Waals surface area contributed by atoms with Gasteiger partial charge in [-0.2, -0.15) is 0 Å². The second-order valence-electron chi connectivity index (χ2n) is 8.35. The van der Waals surface area contributed by atoms with Gasteiger partial charge in [-0.05, 0) is 19.3 Å². The van der Waals surface area contributed by atoms with Crippen molar-refractivity contribution >= 4 is 16.1 Å². The zero-order valence-electron chi connectivity index (χ0n) is 16.7. The van der Waals surface area contributed by atoms with E-state index in [1.54, 1.807) is 10.5 Å². The van der Waals surface area contributed by atoms with Crippen molar-refractivity contribution in [3.63, 3.8) is 0 Å². The third-order valence-electron chi connectivity index (χ3n) is 5.63. The Bertz CT molecular complexity index is 781. The van der Waals surface area contributed by atoms with E-state index in [0.717, 1.165) is 5.82 Å². The molecule has 0 spiro atoms. The molecule has 2 amide bonds. The van der Waals surface area contributed by atoms with Crippen LogP contribution in [0, 0.1) is 5.41 Å². The molecule has 1 aromatic rings. The van der Waals surface area contributed by atoms with E-state index in [4.69, 9.17) is 0 Å². The largest absolute Gasteiger partial charge is 0.336 e. The first-order valence-electron chi connectivity index (χ1n) is 9.68. The molecule has 2 aliphatic rings. The molecule has 2 aliphatic heterocycles. The lowest BCUT2D eigenvalue weighted by Gasteiger charge is -2.53. The van der Waals surface area contributed by atoms with Gasteiger partial charge in [0.25, 0.3) is 0 Å². The van der Waals surface area contributed by atoms with Gasteiger partial charge >= 0.3 is 6.03 Å². The summed E-state index contributed by atoms with van der Waals surface area (Å²) in [4.78, 5) is 19.1. The quantitative estimate of drug-likeness (QED) is 0.819. The molecule has 1 aromatic heterocycles. The number of aromatic nitrogens is 2. The summed E-state index contributed by atoms with van der Waals surface area (Å²) in [6.07, 6.45) is 5.58. The molecule has 1 N–H and O–H groups in total. The molecule has 2 fully saturated rings. The molecular weight excluding hydrogens is 366 g/mol. The number of imidazole rings is 1. The molecule has 1 unspecified atom stereocenters. The molecule has 9 heteroatoms. The van der Waals surface area contributed by atoms with Crippen molar-refractivity contribution in [1.82, 2.24) is 24.1 Å². The fourth-order valence-corrected chi connectivity index (χ4v) is 5.71. The van der Waals surface area contributed by atoms with Gasteiger partial charge in [0, 0.05) is 50.5 Å². The second kappa shape index (κ2) is 7.43. The molecule has 8 nitrogen and oxygen atoms in total. The lowest BCUT2D eigenvalue weighted by Crippen LogP contribution is -2.62. The molecule has 0 aromatic carbocycles. The van der Waals surface area contributed by atoms with E-state index in [1.807, 2.05) is 29.6 Å². The van der Waals surface area contributed by atoms with E-state index >= 15 is 0 Å². The average Bonchev–Trinajstić information content (AvgIpc) is 2.98. The number of nitrogens with zero attached hydrogens (tertiary/aromatic N) is 4. The number of piperidine rings is 1. The van der Waals surface area contributed by atoms with Gasteiger partial charge in [0.05, 0.1) is 11.8 Å². The van der Waals surface area contributed by atoms with Gasteiger partial charge in [-0.15, -0.1) is 0 Å². The summed E-state index contributed by atoms with van der Waals surface area (Å²) in [6, 6.07) is -0.129. The van der Waals surface area contributed by atoms with Gasteiger partial charge in [0.2, 0.25) is 10.0 Å². The average molecular weight is 398 g/mol. The summed E-state index contributed by atoms with van der Waals surface area (Å²) in [5.41, 5.74) is -0.0198. The molecule has 27 heavy (non-hydrogen) atoms. The Hall–Kier alpha value is -1.61. The number of aryl methyl sites for hydroxylation is 1. The molecule has 0 radical (unpaired) electrons. The van der Waals surface area contributed by atoms with Crippen LogP contribution >= 0.6 is 0 Å². The van der Waals surface area contributed by atoms with Crippen molar-refractivity contribution in [2.24, 2.45) is 12.5 Å². The first-order chi connectivity index (χ1) is 12.7. The first kappa shape index (κ1) is 20.1. The number of nitrogens with one attached hydrogen (secondary N) is 1. The number of hydrogen-bond acceptors (Lipinski definition) is 4. The predicted molar refractivity (Wildman–Crippen MR) is 104 cm³/mol. The third kappa shape index (κ3) is 3.99. The summed E-state index contributed by atoms with van der Waals surface area (Å²) in [5, 5.41) is 3.10. The number of sulfonamides is 1. The molecule has 3 heterocycles. The zero-order valence-corrected chi connectivity index (χ0v) is 17.5. The van der Waals surface area contributed by atoms with Gasteiger partial charge in [0.15, 0.2) is 0 Å². The molecule has 2 saturated heterocycles. The number of rotatable bonds is 5. The number of carbonyl (C=O) groups is 1. The highest BCUT2D eigenvalue weighted by Gasteiger charge is 2.51. The predicted octanol–water partition coefficient (Wildman–Crippen LogP) is 1.72. The number of amides is 2. The number of carbonyl (C=O) groups excluding carboxylic acids is 1. The van der Waals surface area contributed by atoms with Crippen molar-refractivity contribution in [3.05, 3.63) is 18.2 Å². The highest BCUT2D eigenvalue weighted by Crippen LogP contribution is 2.47. The molecular formula is C18H31N5O3S. The van der Waals surface area contributed by atoms with Gasteiger partial charge in [-0.3, -0.25) is 0 Å². The van der Waals surface area contributed by atoms with Gasteiger partial charge < -0.3 is 14.8 Å². The maximum Gasteiger partial charge on any atom is 0.318 e. The SMILES string of the molecule is CCCS(=O)(=O)N1CCC(NC(=O)N2CC(C)(C)C2c2nccn2C)CC1. The number of hydrogen-bond donors (Lipinski definition) is 1. The van der Waals surface area contributed by atoms with E-state index < -0.39 is 10.0 Å². The molecule has 3 rings (SSSR count). The summed E-state index contributed by atoms with van der Waals surface area (Å²) in [7, 11) is -1.21. The van der Waals surface area contributed by atoms with Crippen LogP contribution in [0.5, 0.6) is 0 Å². The first-order valence-corrected chi connectivity index (χ1v) is 11.3. The molecule has 0 aliphatic carbocycles. The Morgan fingerprint density at radius 3 is 2.52 bits per heavy atom. The zero-order chi connectivity index (χ0) is 19.8. The lowest BCUT2D eigenvalue weighted by molar-refractivity contribution is -0.0242. The molecule has 1 atom stereocenters. The van der Waals surface area contributed by atoms with Crippen LogP contribution in [0.25, 0.3) is 0 Å². The van der Waals surface area contributed by atoms with Crippen LogP contribution < -0.4 is 5.32 Å². The Balaban J connectivity index is 1.58. The minimum absolute atomic E-state index is 0.0105. The maximum absolute atomic E-state index is 12.8. The van der Waals surface area contributed by atoms with Gasteiger partial charge in [-0.1, -0.05) is 20.8 Å². The second-order valence-corrected chi connectivity index (χ2v) is 10.4. The fourth-order valence-electron chi connectivity index (χ4n) is 4.17. The Morgan fingerprint density at radius 1 is 1.33 bits per heavy atom. The third-order valence-corrected chi connectivity index (χ3v) is 7.71. The van der Waals surface area contributed by atoms with Crippen molar-refractivity contribution in [2.45, 2.75) is 52.1 Å². The van der Waals surface area contributed by atoms with Crippen molar-refractivity contribution in [1.29, 1.82) is 0 Å². The van der Waals surface area contributed by atoms with Crippen LogP contribution in [0.4, 0.5) is 4.79 Å². The van der Waals surface area contributed by atoms with E-state index in [9.17, 15) is 13.2 Å². The Kier molecular flexibility index (Phi) is 5.54. The fraction of sp³-hybridized carbons (Fsp3) is 0.778. The van der Waals surface area contributed by atoms with Crippen molar-refractivity contribution < 1.29 is 13.2 Å². The van der Waals surface area contributed by atoms with E-state index in [0.29, 0.717) is 38.9 Å². The maximum atomic E-state index is 12.8. The Labute approximate surface area is 162 Å². The van der Waals surface area contributed by atoms with Crippen LogP contribution in [0.1, 0.15) is 51.9 Å². The number of likely N-dealkylation sites (tertiary alicyclic amines) is 1. The van der Waals surface area contributed by atoms with Crippen LogP contribution in [-0.2, 0) is 17.1 Å². The monoisotopic (exact) mass is 397 g/mol. The van der Waals surface area contributed by atoms with Crippen molar-refractivity contribution in [2.75, 3.05) is 25.4 Å².